The number of pyridine rings is 1. The summed E-state index contributed by atoms with van der Waals surface area (Å²) in [6.07, 6.45) is 4.68. The van der Waals surface area contributed by atoms with Gasteiger partial charge in [-0.1, -0.05) is 12.1 Å². The van der Waals surface area contributed by atoms with Crippen LogP contribution in [0.3, 0.4) is 0 Å². The number of aromatic nitrogens is 3. The van der Waals surface area contributed by atoms with E-state index in [1.165, 1.54) is 6.07 Å². The zero-order chi connectivity index (χ0) is 17.8. The summed E-state index contributed by atoms with van der Waals surface area (Å²) in [5, 5.41) is 17.7. The Morgan fingerprint density at radius 2 is 2.08 bits per heavy atom. The van der Waals surface area contributed by atoms with Crippen LogP contribution in [0.1, 0.15) is 21.6 Å². The molecule has 8 nitrogen and oxygen atoms in total. The van der Waals surface area contributed by atoms with Crippen molar-refractivity contribution in [3.63, 3.8) is 0 Å². The van der Waals surface area contributed by atoms with E-state index in [4.69, 9.17) is 0 Å². The second-order valence-electron chi connectivity index (χ2n) is 5.38. The molecule has 2 aromatic heterocycles. The largest absolute Gasteiger partial charge is 0.348 e. The van der Waals surface area contributed by atoms with Crippen molar-refractivity contribution < 1.29 is 9.72 Å². The molecule has 0 spiro atoms. The van der Waals surface area contributed by atoms with Crippen LogP contribution >= 0.6 is 0 Å². The first-order chi connectivity index (χ1) is 12.0. The summed E-state index contributed by atoms with van der Waals surface area (Å²) in [7, 11) is 0. The lowest BCUT2D eigenvalue weighted by Crippen LogP contribution is -2.24. The number of aryl methyl sites for hydroxylation is 1. The SMILES string of the molecule is Cc1ncc([N+](=O)[O-])cc1C(=O)NCc1ccc(-n2cccn2)cc1. The molecule has 0 aliphatic rings. The van der Waals surface area contributed by atoms with E-state index in [-0.39, 0.29) is 11.3 Å². The summed E-state index contributed by atoms with van der Waals surface area (Å²) in [5.41, 5.74) is 2.25. The van der Waals surface area contributed by atoms with E-state index in [9.17, 15) is 14.9 Å². The summed E-state index contributed by atoms with van der Waals surface area (Å²) in [5.74, 6) is -0.398. The molecular weight excluding hydrogens is 322 g/mol. The highest BCUT2D eigenvalue weighted by Crippen LogP contribution is 2.15. The quantitative estimate of drug-likeness (QED) is 0.569. The third-order valence-electron chi connectivity index (χ3n) is 3.69. The van der Waals surface area contributed by atoms with Crippen LogP contribution in [0.2, 0.25) is 0 Å². The van der Waals surface area contributed by atoms with E-state index >= 15 is 0 Å². The van der Waals surface area contributed by atoms with Crippen molar-refractivity contribution >= 4 is 11.6 Å². The van der Waals surface area contributed by atoms with Gasteiger partial charge in [-0.25, -0.2) is 4.68 Å². The minimum absolute atomic E-state index is 0.197. The third-order valence-corrected chi connectivity index (χ3v) is 3.69. The number of carbonyl (C=O) groups is 1. The maximum Gasteiger partial charge on any atom is 0.288 e. The summed E-state index contributed by atoms with van der Waals surface area (Å²) in [6.45, 7) is 1.94. The van der Waals surface area contributed by atoms with Crippen LogP contribution in [0.5, 0.6) is 0 Å². The Bertz CT molecular complexity index is 905. The second-order valence-corrected chi connectivity index (χ2v) is 5.38. The molecule has 0 atom stereocenters. The second kappa shape index (κ2) is 6.91. The molecule has 0 saturated carbocycles. The number of hydrogen-bond acceptors (Lipinski definition) is 5. The van der Waals surface area contributed by atoms with Gasteiger partial charge in [-0.2, -0.15) is 5.10 Å². The number of amides is 1. The molecular formula is C17H15N5O3. The Morgan fingerprint density at radius 3 is 2.72 bits per heavy atom. The molecule has 2 heterocycles. The average Bonchev–Trinajstić information content (AvgIpc) is 3.15. The first-order valence-corrected chi connectivity index (χ1v) is 7.53. The van der Waals surface area contributed by atoms with E-state index in [0.717, 1.165) is 17.4 Å². The molecule has 8 heteroatoms. The van der Waals surface area contributed by atoms with Gasteiger partial charge in [0.05, 0.1) is 21.9 Å². The predicted octanol–water partition coefficient (Wildman–Crippen LogP) is 2.41. The molecule has 3 aromatic rings. The summed E-state index contributed by atoms with van der Waals surface area (Å²) >= 11 is 0. The molecule has 3 rings (SSSR count). The Labute approximate surface area is 143 Å². The van der Waals surface area contributed by atoms with Gasteiger partial charge in [-0.15, -0.1) is 0 Å². The van der Waals surface area contributed by atoms with Gasteiger partial charge >= 0.3 is 0 Å². The molecule has 0 bridgehead atoms. The predicted molar refractivity (Wildman–Crippen MR) is 90.4 cm³/mol. The fraction of sp³-hybridized carbons (Fsp3) is 0.118. The van der Waals surface area contributed by atoms with Crippen molar-refractivity contribution in [2.75, 3.05) is 0 Å². The van der Waals surface area contributed by atoms with Crippen LogP contribution in [0.15, 0.2) is 55.0 Å². The van der Waals surface area contributed by atoms with Crippen LogP contribution in [0.4, 0.5) is 5.69 Å². The smallest absolute Gasteiger partial charge is 0.288 e. The lowest BCUT2D eigenvalue weighted by atomic mass is 10.1. The average molecular weight is 337 g/mol. The number of hydrogen-bond donors (Lipinski definition) is 1. The van der Waals surface area contributed by atoms with Crippen molar-refractivity contribution in [2.24, 2.45) is 0 Å². The van der Waals surface area contributed by atoms with Crippen molar-refractivity contribution in [1.82, 2.24) is 20.1 Å². The molecule has 0 aliphatic heterocycles. The van der Waals surface area contributed by atoms with E-state index in [2.05, 4.69) is 15.4 Å². The Kier molecular flexibility index (Phi) is 4.51. The molecule has 0 fully saturated rings. The van der Waals surface area contributed by atoms with Gasteiger partial charge < -0.3 is 5.32 Å². The van der Waals surface area contributed by atoms with Crippen molar-refractivity contribution in [3.05, 3.63) is 81.9 Å². The topological polar surface area (TPSA) is 103 Å². The van der Waals surface area contributed by atoms with E-state index in [0.29, 0.717) is 12.2 Å². The highest BCUT2D eigenvalue weighted by molar-refractivity contribution is 5.95. The summed E-state index contributed by atoms with van der Waals surface area (Å²) in [4.78, 5) is 26.4. The number of carbonyl (C=O) groups excluding carboxylic acids is 1. The molecule has 0 radical (unpaired) electrons. The number of benzene rings is 1. The minimum atomic E-state index is -0.572. The normalized spacial score (nSPS) is 10.4. The van der Waals surface area contributed by atoms with Gasteiger partial charge in [-0.05, 0) is 30.7 Å². The Hall–Kier alpha value is -3.55. The number of rotatable bonds is 5. The van der Waals surface area contributed by atoms with Crippen LogP contribution in [-0.4, -0.2) is 25.6 Å². The van der Waals surface area contributed by atoms with Crippen LogP contribution in [0, 0.1) is 17.0 Å². The van der Waals surface area contributed by atoms with Gasteiger partial charge in [0.15, 0.2) is 0 Å². The molecule has 1 N–H and O–H groups in total. The van der Waals surface area contributed by atoms with Gasteiger partial charge in [0.25, 0.3) is 11.6 Å². The molecule has 25 heavy (non-hydrogen) atoms. The number of nitro groups is 1. The van der Waals surface area contributed by atoms with E-state index in [1.807, 2.05) is 36.5 Å². The zero-order valence-electron chi connectivity index (χ0n) is 13.4. The fourth-order valence-electron chi connectivity index (χ4n) is 2.32. The van der Waals surface area contributed by atoms with Gasteiger partial charge in [0, 0.05) is 25.0 Å². The van der Waals surface area contributed by atoms with Crippen molar-refractivity contribution in [2.45, 2.75) is 13.5 Å². The summed E-state index contributed by atoms with van der Waals surface area (Å²) < 4.78 is 1.74. The van der Waals surface area contributed by atoms with E-state index < -0.39 is 10.8 Å². The molecule has 0 aliphatic carbocycles. The van der Waals surface area contributed by atoms with Crippen LogP contribution in [-0.2, 0) is 6.54 Å². The molecule has 126 valence electrons. The molecule has 0 saturated heterocycles. The lowest BCUT2D eigenvalue weighted by Gasteiger charge is -2.08. The number of nitrogens with zero attached hydrogens (tertiary/aromatic N) is 4. The van der Waals surface area contributed by atoms with Crippen molar-refractivity contribution in [1.29, 1.82) is 0 Å². The fourth-order valence-corrected chi connectivity index (χ4v) is 2.32. The number of nitrogens with one attached hydrogen (secondary N) is 1. The lowest BCUT2D eigenvalue weighted by molar-refractivity contribution is -0.385. The Morgan fingerprint density at radius 1 is 1.32 bits per heavy atom. The van der Waals surface area contributed by atoms with Gasteiger partial charge in [-0.3, -0.25) is 19.9 Å². The first-order valence-electron chi connectivity index (χ1n) is 7.53. The van der Waals surface area contributed by atoms with Crippen molar-refractivity contribution in [3.8, 4) is 5.69 Å². The molecule has 0 unspecified atom stereocenters. The maximum atomic E-state index is 12.3. The van der Waals surface area contributed by atoms with Gasteiger partial charge in [0.2, 0.25) is 0 Å². The third kappa shape index (κ3) is 3.69. The molecule has 1 aromatic carbocycles. The van der Waals surface area contributed by atoms with Crippen LogP contribution < -0.4 is 5.32 Å². The summed E-state index contributed by atoms with van der Waals surface area (Å²) in [6, 6.07) is 10.6. The maximum absolute atomic E-state index is 12.3. The monoisotopic (exact) mass is 337 g/mol. The van der Waals surface area contributed by atoms with Gasteiger partial charge in [0.1, 0.15) is 6.20 Å². The minimum Gasteiger partial charge on any atom is -0.348 e. The zero-order valence-corrected chi connectivity index (χ0v) is 13.4. The molecule has 1 amide bonds. The highest BCUT2D eigenvalue weighted by Gasteiger charge is 2.15. The van der Waals surface area contributed by atoms with Crippen LogP contribution in [0.25, 0.3) is 5.69 Å². The standard InChI is InChI=1S/C17H15N5O3/c1-12-16(9-15(11-18-12)22(24)25)17(23)19-10-13-3-5-14(6-4-13)21-8-2-7-20-21/h2-9,11H,10H2,1H3,(H,19,23). The van der Waals surface area contributed by atoms with E-state index in [1.54, 1.807) is 17.8 Å². The first kappa shape index (κ1) is 16.3. The highest BCUT2D eigenvalue weighted by atomic mass is 16.6. The Balaban J connectivity index is 1.68.